The third kappa shape index (κ3) is 5.80. The quantitative estimate of drug-likeness (QED) is 0.393. The number of hydrogen-bond acceptors (Lipinski definition) is 3. The number of nitrogens with zero attached hydrogens (tertiary/aromatic N) is 1. The second kappa shape index (κ2) is 10.4. The maximum atomic E-state index is 12.5. The molecule has 0 spiro atoms. The molecule has 1 atom stereocenters. The van der Waals surface area contributed by atoms with Crippen molar-refractivity contribution in [3.05, 3.63) is 63.9 Å². The summed E-state index contributed by atoms with van der Waals surface area (Å²) in [6.45, 7) is 2.22. The standard InChI is InChI=1S/C24H29NO3S/c1-2-3-4-5-7-18-10-12-20(13-11-18)25-19(14-17-23(25)26)8-6-9-21-15-16-22(29-21)24(27)28/h6,8,10-13,15-16,19H,2-5,7,9,14,17H2,1H3,(H,27,28)/b8-6-/t19-/m0/s1. The molecule has 1 amide bonds. The van der Waals surface area contributed by atoms with Crippen LogP contribution in [0.15, 0.2) is 48.6 Å². The number of anilines is 1. The first-order valence-corrected chi connectivity index (χ1v) is 11.3. The van der Waals surface area contributed by atoms with Crippen molar-refractivity contribution < 1.29 is 14.7 Å². The minimum Gasteiger partial charge on any atom is -0.477 e. The van der Waals surface area contributed by atoms with Gasteiger partial charge in [0.05, 0.1) is 6.04 Å². The van der Waals surface area contributed by atoms with Crippen LogP contribution in [0.5, 0.6) is 0 Å². The van der Waals surface area contributed by atoms with E-state index in [0.29, 0.717) is 17.7 Å². The highest BCUT2D eigenvalue weighted by molar-refractivity contribution is 7.13. The van der Waals surface area contributed by atoms with Gasteiger partial charge >= 0.3 is 5.97 Å². The SMILES string of the molecule is CCCCCCc1ccc(N2C(=O)CC[C@@H]2/C=C\Cc2ccc(C(=O)O)s2)cc1. The summed E-state index contributed by atoms with van der Waals surface area (Å²) in [6, 6.07) is 12.0. The Balaban J connectivity index is 1.59. The van der Waals surface area contributed by atoms with E-state index >= 15 is 0 Å². The van der Waals surface area contributed by atoms with Gasteiger partial charge in [-0.05, 0) is 55.5 Å². The van der Waals surface area contributed by atoms with Crippen molar-refractivity contribution in [2.75, 3.05) is 4.90 Å². The lowest BCUT2D eigenvalue weighted by Gasteiger charge is -2.23. The third-order valence-electron chi connectivity index (χ3n) is 5.34. The molecule has 4 nitrogen and oxygen atoms in total. The number of thiophene rings is 1. The number of carboxylic acids is 1. The largest absolute Gasteiger partial charge is 0.477 e. The second-order valence-electron chi connectivity index (χ2n) is 7.55. The Hall–Kier alpha value is -2.40. The van der Waals surface area contributed by atoms with Gasteiger partial charge in [0.25, 0.3) is 0 Å². The molecular formula is C24H29NO3S. The number of hydrogen-bond donors (Lipinski definition) is 1. The molecule has 1 aliphatic heterocycles. The number of carbonyl (C=O) groups excluding carboxylic acids is 1. The summed E-state index contributed by atoms with van der Waals surface area (Å²) in [7, 11) is 0. The van der Waals surface area contributed by atoms with E-state index in [2.05, 4.69) is 43.3 Å². The molecule has 1 aromatic carbocycles. The highest BCUT2D eigenvalue weighted by Gasteiger charge is 2.30. The molecule has 1 aliphatic rings. The maximum absolute atomic E-state index is 12.5. The molecule has 1 N–H and O–H groups in total. The smallest absolute Gasteiger partial charge is 0.345 e. The van der Waals surface area contributed by atoms with E-state index in [1.165, 1.54) is 42.6 Å². The number of unbranched alkanes of at least 4 members (excludes halogenated alkanes) is 3. The van der Waals surface area contributed by atoms with E-state index in [1.807, 2.05) is 11.0 Å². The van der Waals surface area contributed by atoms with Gasteiger partial charge in [-0.3, -0.25) is 4.79 Å². The fraction of sp³-hybridized carbons (Fsp3) is 0.417. The molecule has 1 aromatic heterocycles. The van der Waals surface area contributed by atoms with Crippen molar-refractivity contribution in [2.24, 2.45) is 0 Å². The van der Waals surface area contributed by atoms with E-state index in [4.69, 9.17) is 5.11 Å². The molecular weight excluding hydrogens is 382 g/mol. The van der Waals surface area contributed by atoms with Crippen LogP contribution >= 0.6 is 11.3 Å². The van der Waals surface area contributed by atoms with Crippen LogP contribution < -0.4 is 4.90 Å². The summed E-state index contributed by atoms with van der Waals surface area (Å²) >= 11 is 1.30. The first kappa shape index (κ1) is 21.3. The van der Waals surface area contributed by atoms with Crippen LogP contribution in [0, 0.1) is 0 Å². The van der Waals surface area contributed by atoms with Crippen LogP contribution in [0.25, 0.3) is 0 Å². The van der Waals surface area contributed by atoms with Gasteiger partial charge in [-0.2, -0.15) is 0 Å². The molecule has 0 saturated carbocycles. The maximum Gasteiger partial charge on any atom is 0.345 e. The summed E-state index contributed by atoms with van der Waals surface area (Å²) in [4.78, 5) is 26.7. The van der Waals surface area contributed by atoms with Crippen molar-refractivity contribution in [2.45, 2.75) is 64.3 Å². The number of allylic oxidation sites excluding steroid dienone is 1. The summed E-state index contributed by atoms with van der Waals surface area (Å²) in [5, 5.41) is 9.03. The van der Waals surface area contributed by atoms with Crippen molar-refractivity contribution in [3.63, 3.8) is 0 Å². The average Bonchev–Trinajstić information content (AvgIpc) is 3.33. The van der Waals surface area contributed by atoms with Gasteiger partial charge in [0, 0.05) is 17.0 Å². The van der Waals surface area contributed by atoms with Crippen LogP contribution in [-0.4, -0.2) is 23.0 Å². The number of benzene rings is 1. The van der Waals surface area contributed by atoms with Crippen molar-refractivity contribution in [1.82, 2.24) is 0 Å². The summed E-state index contributed by atoms with van der Waals surface area (Å²) < 4.78 is 0. The molecule has 0 bridgehead atoms. The Morgan fingerprint density at radius 3 is 2.66 bits per heavy atom. The molecule has 2 aromatic rings. The molecule has 1 fully saturated rings. The van der Waals surface area contributed by atoms with Gasteiger partial charge in [-0.15, -0.1) is 11.3 Å². The second-order valence-corrected chi connectivity index (χ2v) is 8.72. The minimum atomic E-state index is -0.883. The lowest BCUT2D eigenvalue weighted by molar-refractivity contribution is -0.117. The lowest BCUT2D eigenvalue weighted by Crippen LogP contribution is -2.31. The fourth-order valence-electron chi connectivity index (χ4n) is 3.75. The van der Waals surface area contributed by atoms with Crippen LogP contribution in [0.1, 0.15) is 65.6 Å². The third-order valence-corrected chi connectivity index (χ3v) is 6.43. The van der Waals surface area contributed by atoms with Crippen molar-refractivity contribution >= 4 is 28.9 Å². The first-order valence-electron chi connectivity index (χ1n) is 10.5. The predicted octanol–water partition coefficient (Wildman–Crippen LogP) is 5.86. The Bertz CT molecular complexity index is 853. The molecule has 0 aliphatic carbocycles. The summed E-state index contributed by atoms with van der Waals surface area (Å²) in [6.07, 6.45) is 12.3. The molecule has 29 heavy (non-hydrogen) atoms. The minimum absolute atomic E-state index is 0.0665. The van der Waals surface area contributed by atoms with Crippen molar-refractivity contribution in [1.29, 1.82) is 0 Å². The van der Waals surface area contributed by atoms with E-state index in [9.17, 15) is 9.59 Å². The van der Waals surface area contributed by atoms with Crippen LogP contribution in [-0.2, 0) is 17.6 Å². The normalized spacial score (nSPS) is 16.8. The molecule has 3 rings (SSSR count). The zero-order valence-corrected chi connectivity index (χ0v) is 17.8. The summed E-state index contributed by atoms with van der Waals surface area (Å²) in [5.74, 6) is -0.716. The Kier molecular flexibility index (Phi) is 7.64. The zero-order valence-electron chi connectivity index (χ0n) is 17.0. The Labute approximate surface area is 176 Å². The van der Waals surface area contributed by atoms with E-state index < -0.39 is 5.97 Å². The molecule has 0 radical (unpaired) electrons. The highest BCUT2D eigenvalue weighted by Crippen LogP contribution is 2.28. The zero-order chi connectivity index (χ0) is 20.6. The molecule has 0 unspecified atom stereocenters. The topological polar surface area (TPSA) is 57.6 Å². The van der Waals surface area contributed by atoms with Gasteiger partial charge in [0.2, 0.25) is 5.91 Å². The number of carbonyl (C=O) groups is 2. The number of aryl methyl sites for hydroxylation is 1. The molecule has 5 heteroatoms. The van der Waals surface area contributed by atoms with Crippen molar-refractivity contribution in [3.8, 4) is 0 Å². The van der Waals surface area contributed by atoms with Gasteiger partial charge < -0.3 is 10.0 Å². The number of amides is 1. The monoisotopic (exact) mass is 411 g/mol. The molecule has 2 heterocycles. The Morgan fingerprint density at radius 1 is 1.17 bits per heavy atom. The predicted molar refractivity (Wildman–Crippen MR) is 119 cm³/mol. The van der Waals surface area contributed by atoms with E-state index in [-0.39, 0.29) is 11.9 Å². The average molecular weight is 412 g/mol. The highest BCUT2D eigenvalue weighted by atomic mass is 32.1. The Morgan fingerprint density at radius 2 is 1.97 bits per heavy atom. The lowest BCUT2D eigenvalue weighted by atomic mass is 10.1. The fourth-order valence-corrected chi connectivity index (χ4v) is 4.57. The number of carboxylic acid groups (broad SMARTS) is 1. The molecule has 154 valence electrons. The van der Waals surface area contributed by atoms with Gasteiger partial charge in [0.15, 0.2) is 0 Å². The first-order chi connectivity index (χ1) is 14.1. The molecule has 1 saturated heterocycles. The van der Waals surface area contributed by atoms with Gasteiger partial charge in [-0.25, -0.2) is 4.79 Å². The van der Waals surface area contributed by atoms with Crippen LogP contribution in [0.2, 0.25) is 0 Å². The van der Waals surface area contributed by atoms with Crippen LogP contribution in [0.4, 0.5) is 5.69 Å². The number of aromatic carboxylic acids is 1. The van der Waals surface area contributed by atoms with E-state index in [0.717, 1.165) is 23.4 Å². The van der Waals surface area contributed by atoms with Crippen LogP contribution in [0.3, 0.4) is 0 Å². The van der Waals surface area contributed by atoms with E-state index in [1.54, 1.807) is 6.07 Å². The van der Waals surface area contributed by atoms with Gasteiger partial charge in [0.1, 0.15) is 4.88 Å². The summed E-state index contributed by atoms with van der Waals surface area (Å²) in [5.41, 5.74) is 2.29. The van der Waals surface area contributed by atoms with Gasteiger partial charge in [-0.1, -0.05) is 50.5 Å². The number of rotatable bonds is 10.